The fourth-order valence-electron chi connectivity index (χ4n) is 8.92. The van der Waals surface area contributed by atoms with Crippen LogP contribution in [-0.2, 0) is 0 Å². The van der Waals surface area contributed by atoms with Gasteiger partial charge in [-0.05, 0) is 142 Å². The Hall–Kier alpha value is -7.74. The Labute approximate surface area is 344 Å². The molecule has 0 bridgehead atoms. The number of fused-ring (bicyclic) bond motifs is 6. The fourth-order valence-corrected chi connectivity index (χ4v) is 8.92. The van der Waals surface area contributed by atoms with E-state index in [1.165, 1.54) is 87.6 Å². The molecule has 0 aromatic heterocycles. The van der Waals surface area contributed by atoms with E-state index in [0.29, 0.717) is 0 Å². The fraction of sp³-hybridized carbons (Fsp3) is 0. The van der Waals surface area contributed by atoms with Crippen molar-refractivity contribution in [3.8, 4) is 44.5 Å². The summed E-state index contributed by atoms with van der Waals surface area (Å²) in [5.41, 5.74) is 12.9. The standard InChI is InChI=1S/C58H39N/c1-3-14-40(15-4-1)45-21-13-22-50(36-45)59(48-31-26-43(27-32-48)56-38-47-20-8-7-19-46(47)37-55(56)41-16-5-2-6-17-41)49-33-28-44(29-34-49)57-39-58-51-23-10-9-18-42(51)30-35-54(58)52-24-11-12-25-53(52)57/h1-39H. The molecule has 0 aliphatic carbocycles. The molecule has 0 saturated carbocycles. The van der Waals surface area contributed by atoms with E-state index in [1.807, 2.05) is 0 Å². The third kappa shape index (κ3) is 6.30. The number of hydrogen-bond donors (Lipinski definition) is 0. The van der Waals surface area contributed by atoms with Crippen molar-refractivity contribution in [1.29, 1.82) is 0 Å². The molecule has 1 nitrogen and oxygen atoms in total. The van der Waals surface area contributed by atoms with Crippen molar-refractivity contribution in [2.45, 2.75) is 0 Å². The van der Waals surface area contributed by atoms with Gasteiger partial charge in [-0.3, -0.25) is 0 Å². The SMILES string of the molecule is c1ccc(-c2cccc(N(c3ccc(-c4cc5ccccc5cc4-c4ccccc4)cc3)c3ccc(-c4cc5c6ccccc6ccc5c5ccccc45)cc3)c2)cc1. The van der Waals surface area contributed by atoms with Gasteiger partial charge in [-0.1, -0.05) is 182 Å². The summed E-state index contributed by atoms with van der Waals surface area (Å²) in [7, 11) is 0. The molecule has 59 heavy (non-hydrogen) atoms. The molecule has 1 heteroatoms. The van der Waals surface area contributed by atoms with E-state index in [0.717, 1.165) is 17.1 Å². The highest BCUT2D eigenvalue weighted by Gasteiger charge is 2.17. The third-order valence-corrected chi connectivity index (χ3v) is 11.8. The molecule has 0 radical (unpaired) electrons. The van der Waals surface area contributed by atoms with Crippen LogP contribution in [0.15, 0.2) is 237 Å². The molecule has 276 valence electrons. The van der Waals surface area contributed by atoms with Crippen LogP contribution in [0.3, 0.4) is 0 Å². The molecule has 0 aliphatic heterocycles. The first-order valence-electron chi connectivity index (χ1n) is 20.3. The van der Waals surface area contributed by atoms with Crippen molar-refractivity contribution in [2.24, 2.45) is 0 Å². The lowest BCUT2D eigenvalue weighted by molar-refractivity contribution is 1.28. The second-order valence-electron chi connectivity index (χ2n) is 15.3. The first-order valence-corrected chi connectivity index (χ1v) is 20.3. The zero-order valence-corrected chi connectivity index (χ0v) is 32.5. The Morgan fingerprint density at radius 2 is 0.678 bits per heavy atom. The van der Waals surface area contributed by atoms with Crippen molar-refractivity contribution in [1.82, 2.24) is 0 Å². The smallest absolute Gasteiger partial charge is 0.0467 e. The predicted octanol–water partition coefficient (Wildman–Crippen LogP) is 16.4. The lowest BCUT2D eigenvalue weighted by atomic mass is 9.91. The van der Waals surface area contributed by atoms with Gasteiger partial charge in [0, 0.05) is 17.1 Å². The van der Waals surface area contributed by atoms with E-state index in [9.17, 15) is 0 Å². The summed E-state index contributed by atoms with van der Waals surface area (Å²) in [5, 5.41) is 10.1. The molecule has 11 aromatic carbocycles. The van der Waals surface area contributed by atoms with Crippen LogP contribution in [-0.4, -0.2) is 0 Å². The summed E-state index contributed by atoms with van der Waals surface area (Å²) in [4.78, 5) is 2.38. The van der Waals surface area contributed by atoms with Gasteiger partial charge in [-0.15, -0.1) is 0 Å². The van der Waals surface area contributed by atoms with Gasteiger partial charge in [-0.25, -0.2) is 0 Å². The first kappa shape index (κ1) is 34.5. The zero-order chi connectivity index (χ0) is 39.1. The van der Waals surface area contributed by atoms with Crippen LogP contribution >= 0.6 is 0 Å². The first-order chi connectivity index (χ1) is 29.2. The Morgan fingerprint density at radius 3 is 1.32 bits per heavy atom. The second kappa shape index (κ2) is 14.6. The molecule has 0 saturated heterocycles. The minimum absolute atomic E-state index is 1.09. The van der Waals surface area contributed by atoms with Crippen LogP contribution in [0, 0.1) is 0 Å². The third-order valence-electron chi connectivity index (χ3n) is 11.8. The van der Waals surface area contributed by atoms with Gasteiger partial charge in [0.05, 0.1) is 0 Å². The minimum atomic E-state index is 1.09. The van der Waals surface area contributed by atoms with E-state index in [4.69, 9.17) is 0 Å². The van der Waals surface area contributed by atoms with Gasteiger partial charge in [0.25, 0.3) is 0 Å². The van der Waals surface area contributed by atoms with Crippen LogP contribution in [0.25, 0.3) is 87.6 Å². The zero-order valence-electron chi connectivity index (χ0n) is 32.5. The number of anilines is 3. The second-order valence-corrected chi connectivity index (χ2v) is 15.3. The maximum atomic E-state index is 2.39. The van der Waals surface area contributed by atoms with Gasteiger partial charge in [0.1, 0.15) is 0 Å². The average Bonchev–Trinajstić information content (AvgIpc) is 3.32. The molecule has 0 aliphatic rings. The number of rotatable bonds is 7. The van der Waals surface area contributed by atoms with Crippen LogP contribution in [0.5, 0.6) is 0 Å². The summed E-state index contributed by atoms with van der Waals surface area (Å²) in [5.74, 6) is 0. The van der Waals surface area contributed by atoms with Crippen molar-refractivity contribution >= 4 is 60.2 Å². The molecule has 0 unspecified atom stereocenters. The van der Waals surface area contributed by atoms with E-state index in [1.54, 1.807) is 0 Å². The van der Waals surface area contributed by atoms with Crippen molar-refractivity contribution < 1.29 is 0 Å². The summed E-state index contributed by atoms with van der Waals surface area (Å²) < 4.78 is 0. The van der Waals surface area contributed by atoms with E-state index in [2.05, 4.69) is 241 Å². The Balaban J connectivity index is 1.04. The van der Waals surface area contributed by atoms with Crippen molar-refractivity contribution in [2.75, 3.05) is 4.90 Å². The Morgan fingerprint density at radius 1 is 0.203 bits per heavy atom. The highest BCUT2D eigenvalue weighted by molar-refractivity contribution is 6.21. The molecular formula is C58H39N. The van der Waals surface area contributed by atoms with Gasteiger partial charge < -0.3 is 4.90 Å². The molecular weight excluding hydrogens is 711 g/mol. The summed E-state index contributed by atoms with van der Waals surface area (Å²) in [6, 6.07) is 86.2. The van der Waals surface area contributed by atoms with Gasteiger partial charge in [-0.2, -0.15) is 0 Å². The van der Waals surface area contributed by atoms with Crippen LogP contribution in [0.1, 0.15) is 0 Å². The maximum Gasteiger partial charge on any atom is 0.0467 e. The maximum absolute atomic E-state index is 2.39. The normalized spacial score (nSPS) is 11.4. The predicted molar refractivity (Wildman–Crippen MR) is 253 cm³/mol. The number of benzene rings is 11. The molecule has 0 atom stereocenters. The van der Waals surface area contributed by atoms with Crippen molar-refractivity contribution in [3.05, 3.63) is 237 Å². The summed E-state index contributed by atoms with van der Waals surface area (Å²) in [6.07, 6.45) is 0. The van der Waals surface area contributed by atoms with Crippen LogP contribution in [0.4, 0.5) is 17.1 Å². The average molecular weight is 750 g/mol. The largest absolute Gasteiger partial charge is 0.310 e. The summed E-state index contributed by atoms with van der Waals surface area (Å²) >= 11 is 0. The van der Waals surface area contributed by atoms with Crippen LogP contribution < -0.4 is 4.90 Å². The minimum Gasteiger partial charge on any atom is -0.310 e. The molecule has 0 heterocycles. The molecule has 0 amide bonds. The van der Waals surface area contributed by atoms with E-state index < -0.39 is 0 Å². The topological polar surface area (TPSA) is 3.24 Å². The highest BCUT2D eigenvalue weighted by atomic mass is 15.1. The molecule has 11 aromatic rings. The number of hydrogen-bond acceptors (Lipinski definition) is 1. The van der Waals surface area contributed by atoms with Crippen molar-refractivity contribution in [3.63, 3.8) is 0 Å². The molecule has 11 rings (SSSR count). The monoisotopic (exact) mass is 749 g/mol. The van der Waals surface area contributed by atoms with Gasteiger partial charge >= 0.3 is 0 Å². The Bertz CT molecular complexity index is 3290. The summed E-state index contributed by atoms with van der Waals surface area (Å²) in [6.45, 7) is 0. The van der Waals surface area contributed by atoms with Crippen LogP contribution in [0.2, 0.25) is 0 Å². The molecule has 0 fully saturated rings. The number of nitrogens with zero attached hydrogens (tertiary/aromatic N) is 1. The quantitative estimate of drug-likeness (QED) is 0.147. The highest BCUT2D eigenvalue weighted by Crippen LogP contribution is 2.42. The molecule has 0 spiro atoms. The lowest BCUT2D eigenvalue weighted by Crippen LogP contribution is -2.10. The lowest BCUT2D eigenvalue weighted by Gasteiger charge is -2.27. The molecule has 0 N–H and O–H groups in total. The Kier molecular flexibility index (Phi) is 8.56. The van der Waals surface area contributed by atoms with E-state index in [-0.39, 0.29) is 0 Å². The van der Waals surface area contributed by atoms with Gasteiger partial charge in [0.2, 0.25) is 0 Å². The van der Waals surface area contributed by atoms with Gasteiger partial charge in [0.15, 0.2) is 0 Å². The van der Waals surface area contributed by atoms with E-state index >= 15 is 0 Å².